The summed E-state index contributed by atoms with van der Waals surface area (Å²) < 4.78 is 44.9. The number of nitrogens with one attached hydrogen (secondary N) is 1. The molecule has 38 heavy (non-hydrogen) atoms. The first-order valence-electron chi connectivity index (χ1n) is 11.9. The lowest BCUT2D eigenvalue weighted by molar-refractivity contribution is -0.120. The van der Waals surface area contributed by atoms with Gasteiger partial charge < -0.3 is 19.5 Å². The van der Waals surface area contributed by atoms with E-state index in [1.807, 2.05) is 33.8 Å². The Morgan fingerprint density at radius 3 is 2.11 bits per heavy atom. The molecule has 0 fully saturated rings. The normalized spacial score (nSPS) is 12.0. The van der Waals surface area contributed by atoms with Crippen molar-refractivity contribution >= 4 is 33.2 Å². The molecule has 1 amide bonds. The minimum atomic E-state index is -4.28. The number of carbonyl (C=O) groups is 1. The molecule has 1 atom stereocenters. The molecule has 1 unspecified atom stereocenters. The lowest BCUT2D eigenvalue weighted by Crippen LogP contribution is -2.41. The van der Waals surface area contributed by atoms with Gasteiger partial charge in [0.25, 0.3) is 10.0 Å². The second-order valence-electron chi connectivity index (χ2n) is 8.93. The summed E-state index contributed by atoms with van der Waals surface area (Å²) in [6.45, 7) is 7.37. The second kappa shape index (κ2) is 12.0. The number of aryl methyl sites for hydroxylation is 3. The zero-order valence-corrected chi connectivity index (χ0v) is 24.2. The third kappa shape index (κ3) is 6.16. The van der Waals surface area contributed by atoms with Gasteiger partial charge in [-0.15, -0.1) is 0 Å². The van der Waals surface area contributed by atoms with Crippen molar-refractivity contribution in [3.05, 3.63) is 75.8 Å². The summed E-state index contributed by atoms with van der Waals surface area (Å²) in [5.74, 6) is 0.342. The average molecular weight is 561 g/mol. The molecule has 0 aromatic heterocycles. The van der Waals surface area contributed by atoms with Gasteiger partial charge in [-0.1, -0.05) is 23.7 Å². The van der Waals surface area contributed by atoms with Gasteiger partial charge in [-0.25, -0.2) is 8.42 Å². The molecule has 0 bridgehead atoms. The highest BCUT2D eigenvalue weighted by molar-refractivity contribution is 7.92. The van der Waals surface area contributed by atoms with Gasteiger partial charge in [-0.3, -0.25) is 9.10 Å². The molecule has 8 nitrogen and oxygen atoms in total. The van der Waals surface area contributed by atoms with Crippen molar-refractivity contribution in [2.24, 2.45) is 0 Å². The molecular weight excluding hydrogens is 528 g/mol. The Kier molecular flexibility index (Phi) is 9.17. The van der Waals surface area contributed by atoms with Crippen LogP contribution in [-0.2, 0) is 14.8 Å². The molecule has 0 saturated heterocycles. The van der Waals surface area contributed by atoms with Gasteiger partial charge in [-0.05, 0) is 80.3 Å². The van der Waals surface area contributed by atoms with E-state index >= 15 is 0 Å². The van der Waals surface area contributed by atoms with Gasteiger partial charge >= 0.3 is 0 Å². The number of rotatable bonds is 10. The number of sulfonamides is 1. The fourth-order valence-electron chi connectivity index (χ4n) is 4.21. The zero-order valence-electron chi connectivity index (χ0n) is 22.6. The van der Waals surface area contributed by atoms with Gasteiger partial charge in [0, 0.05) is 11.1 Å². The van der Waals surface area contributed by atoms with Crippen LogP contribution < -0.4 is 23.8 Å². The molecule has 3 aromatic rings. The number of hydrogen-bond acceptors (Lipinski definition) is 6. The Bertz CT molecular complexity index is 1440. The van der Waals surface area contributed by atoms with Crippen molar-refractivity contribution in [2.75, 3.05) is 32.2 Å². The van der Waals surface area contributed by atoms with Gasteiger partial charge in [-0.2, -0.15) is 0 Å². The Hall–Kier alpha value is -3.43. The predicted octanol–water partition coefficient (Wildman–Crippen LogP) is 5.36. The monoisotopic (exact) mass is 560 g/mol. The molecule has 204 valence electrons. The maximum atomic E-state index is 14.0. The van der Waals surface area contributed by atoms with Crippen molar-refractivity contribution < 1.29 is 27.4 Å². The van der Waals surface area contributed by atoms with Crippen LogP contribution in [0.25, 0.3) is 0 Å². The first-order valence-corrected chi connectivity index (χ1v) is 13.7. The smallest absolute Gasteiger partial charge is 0.265 e. The van der Waals surface area contributed by atoms with Gasteiger partial charge in [0.15, 0.2) is 11.5 Å². The van der Waals surface area contributed by atoms with Crippen LogP contribution in [0, 0.1) is 20.8 Å². The van der Waals surface area contributed by atoms with Crippen molar-refractivity contribution in [3.63, 3.8) is 0 Å². The molecule has 0 spiro atoms. The molecule has 0 radical (unpaired) electrons. The van der Waals surface area contributed by atoms with E-state index in [9.17, 15) is 13.2 Å². The quantitative estimate of drug-likeness (QED) is 0.358. The van der Waals surface area contributed by atoms with E-state index in [0.29, 0.717) is 5.75 Å². The molecule has 3 rings (SSSR count). The fourth-order valence-corrected chi connectivity index (χ4v) is 5.81. The van der Waals surface area contributed by atoms with Crippen molar-refractivity contribution in [2.45, 2.75) is 38.6 Å². The summed E-state index contributed by atoms with van der Waals surface area (Å²) in [6, 6.07) is 12.5. The van der Waals surface area contributed by atoms with Crippen LogP contribution in [0.5, 0.6) is 17.2 Å². The van der Waals surface area contributed by atoms with E-state index in [4.69, 9.17) is 25.8 Å². The molecule has 0 aliphatic rings. The summed E-state index contributed by atoms with van der Waals surface area (Å²) >= 11 is 6.23. The van der Waals surface area contributed by atoms with E-state index in [0.717, 1.165) is 26.6 Å². The topological polar surface area (TPSA) is 94.2 Å². The number of methoxy groups -OCH3 is 3. The average Bonchev–Trinajstić information content (AvgIpc) is 2.88. The van der Waals surface area contributed by atoms with Crippen LogP contribution in [-0.4, -0.2) is 42.2 Å². The minimum Gasteiger partial charge on any atom is -0.495 e. The molecule has 0 aliphatic carbocycles. The van der Waals surface area contributed by atoms with E-state index < -0.39 is 22.5 Å². The van der Waals surface area contributed by atoms with Crippen LogP contribution in [0.3, 0.4) is 0 Å². The van der Waals surface area contributed by atoms with E-state index in [1.165, 1.54) is 45.6 Å². The number of carbonyl (C=O) groups excluding carboxylic acids is 1. The maximum Gasteiger partial charge on any atom is 0.265 e. The van der Waals surface area contributed by atoms with Crippen molar-refractivity contribution in [1.82, 2.24) is 5.32 Å². The van der Waals surface area contributed by atoms with Crippen LogP contribution >= 0.6 is 11.6 Å². The lowest BCUT2D eigenvalue weighted by Gasteiger charge is -2.27. The Labute approximate surface area is 229 Å². The third-order valence-corrected chi connectivity index (χ3v) is 8.36. The van der Waals surface area contributed by atoms with Crippen LogP contribution in [0.2, 0.25) is 5.02 Å². The largest absolute Gasteiger partial charge is 0.495 e. The van der Waals surface area contributed by atoms with Crippen molar-refractivity contribution in [1.29, 1.82) is 0 Å². The van der Waals surface area contributed by atoms with Gasteiger partial charge in [0.1, 0.15) is 12.3 Å². The summed E-state index contributed by atoms with van der Waals surface area (Å²) in [5.41, 5.74) is 4.38. The van der Waals surface area contributed by atoms with Gasteiger partial charge in [0.2, 0.25) is 5.91 Å². The molecule has 1 N–H and O–H groups in total. The minimum absolute atomic E-state index is 0.0944. The molecule has 0 heterocycles. The van der Waals surface area contributed by atoms with Crippen molar-refractivity contribution in [3.8, 4) is 17.2 Å². The standard InChI is InChI=1S/C28H33ClN2O6S/c1-17-12-19(3)23(13-18(17)2)20(4)30-28(32)16-31(24-14-21(29)8-10-25(24)35-5)38(33,34)22-9-11-26(36-6)27(15-22)37-7/h8-15,20H,16H2,1-7H3,(H,30,32). The number of ether oxygens (including phenoxy) is 3. The molecule has 0 saturated carbocycles. The maximum absolute atomic E-state index is 14.0. The number of anilines is 1. The lowest BCUT2D eigenvalue weighted by atomic mass is 9.96. The van der Waals surface area contributed by atoms with E-state index in [1.54, 1.807) is 12.1 Å². The first-order chi connectivity index (χ1) is 17.9. The summed E-state index contributed by atoms with van der Waals surface area (Å²) in [4.78, 5) is 13.2. The summed E-state index contributed by atoms with van der Waals surface area (Å²) in [7, 11) is 0.00513. The number of amides is 1. The van der Waals surface area contributed by atoms with Crippen LogP contribution in [0.15, 0.2) is 53.4 Å². The SMILES string of the molecule is COc1ccc(S(=O)(=O)N(CC(=O)NC(C)c2cc(C)c(C)cc2C)c2cc(Cl)ccc2OC)cc1OC. The fraction of sp³-hybridized carbons (Fsp3) is 0.321. The second-order valence-corrected chi connectivity index (χ2v) is 11.2. The highest BCUT2D eigenvalue weighted by Gasteiger charge is 2.31. The Morgan fingerprint density at radius 1 is 0.868 bits per heavy atom. The number of nitrogens with zero attached hydrogens (tertiary/aromatic N) is 1. The third-order valence-electron chi connectivity index (χ3n) is 6.37. The number of halogens is 1. The number of hydrogen-bond donors (Lipinski definition) is 1. The highest BCUT2D eigenvalue weighted by atomic mass is 35.5. The molecule has 10 heteroatoms. The van der Waals surface area contributed by atoms with E-state index in [2.05, 4.69) is 11.4 Å². The first kappa shape index (κ1) is 29.1. The van der Waals surface area contributed by atoms with E-state index in [-0.39, 0.29) is 33.1 Å². The molecule has 3 aromatic carbocycles. The predicted molar refractivity (Wildman–Crippen MR) is 149 cm³/mol. The highest BCUT2D eigenvalue weighted by Crippen LogP contribution is 2.37. The van der Waals surface area contributed by atoms with Crippen LogP contribution in [0.4, 0.5) is 5.69 Å². The summed E-state index contributed by atoms with van der Waals surface area (Å²) in [6.07, 6.45) is 0. The summed E-state index contributed by atoms with van der Waals surface area (Å²) in [5, 5.41) is 3.22. The zero-order chi connectivity index (χ0) is 28.2. The molecular formula is C28H33ClN2O6S. The molecule has 0 aliphatic heterocycles. The van der Waals surface area contributed by atoms with Gasteiger partial charge in [0.05, 0.1) is 38.0 Å². The Balaban J connectivity index is 2.04. The van der Waals surface area contributed by atoms with Crippen LogP contribution in [0.1, 0.15) is 35.2 Å². The Morgan fingerprint density at radius 2 is 1.47 bits per heavy atom. The number of benzene rings is 3.